The SMILES string of the molecule is O=C(O)C1(NS(=O)(=O)c2ccc(N3CCC(CCCC4CCN(S(=O)(=O)c5cc(Br)c(Cl)s5)CC4)CC3)c(Cl)c2)CCC(O)C1. The lowest BCUT2D eigenvalue weighted by Crippen LogP contribution is -2.52. The molecule has 1 aromatic carbocycles. The summed E-state index contributed by atoms with van der Waals surface area (Å²) in [6.45, 7) is 2.65. The van der Waals surface area contributed by atoms with E-state index in [1.807, 2.05) is 0 Å². The molecule has 2 aromatic rings. The van der Waals surface area contributed by atoms with E-state index in [-0.39, 0.29) is 33.4 Å². The first-order valence-electron chi connectivity index (χ1n) is 15.1. The monoisotopic (exact) mass is 785 g/mol. The van der Waals surface area contributed by atoms with E-state index < -0.39 is 37.7 Å². The highest BCUT2D eigenvalue weighted by molar-refractivity contribution is 9.10. The number of aliphatic hydroxyl groups excluding tert-OH is 1. The van der Waals surface area contributed by atoms with Gasteiger partial charge in [-0.3, -0.25) is 4.79 Å². The fourth-order valence-corrected chi connectivity index (χ4v) is 12.5. The summed E-state index contributed by atoms with van der Waals surface area (Å²) in [6.07, 6.45) is 6.18. The molecule has 2 aliphatic heterocycles. The van der Waals surface area contributed by atoms with Crippen molar-refractivity contribution in [3.63, 3.8) is 0 Å². The molecule has 1 aliphatic carbocycles. The van der Waals surface area contributed by atoms with Crippen molar-refractivity contribution in [2.45, 2.75) is 85.0 Å². The summed E-state index contributed by atoms with van der Waals surface area (Å²) in [5.41, 5.74) is -0.988. The number of sulfonamides is 2. The van der Waals surface area contributed by atoms with Crippen molar-refractivity contribution in [1.29, 1.82) is 0 Å². The number of nitrogens with zero attached hydrogens (tertiary/aromatic N) is 2. The number of nitrogens with one attached hydrogen (secondary N) is 1. The molecule has 3 fully saturated rings. The van der Waals surface area contributed by atoms with Gasteiger partial charge in [0, 0.05) is 37.1 Å². The summed E-state index contributed by atoms with van der Waals surface area (Å²) < 4.78 is 57.3. The number of rotatable bonds is 11. The Labute approximate surface area is 287 Å². The number of hydrogen-bond acceptors (Lipinski definition) is 8. The second-order valence-electron chi connectivity index (χ2n) is 12.4. The van der Waals surface area contributed by atoms with Gasteiger partial charge in [0.05, 0.1) is 21.7 Å². The molecule has 10 nitrogen and oxygen atoms in total. The molecular weight excluding hydrogens is 749 g/mol. The number of anilines is 1. The maximum Gasteiger partial charge on any atom is 0.324 e. The number of carbonyl (C=O) groups is 1. The minimum absolute atomic E-state index is 0.0115. The number of hydrogen-bond donors (Lipinski definition) is 3. The molecule has 16 heteroatoms. The van der Waals surface area contributed by atoms with Crippen molar-refractivity contribution >= 4 is 82.2 Å². The number of aliphatic hydroxyl groups is 1. The molecule has 2 atom stereocenters. The van der Waals surface area contributed by atoms with E-state index in [1.54, 1.807) is 16.4 Å². The summed E-state index contributed by atoms with van der Waals surface area (Å²) in [5, 5.41) is 19.8. The number of aliphatic carboxylic acids is 1. The third-order valence-corrected chi connectivity index (χ3v) is 16.1. The van der Waals surface area contributed by atoms with E-state index >= 15 is 0 Å². The van der Waals surface area contributed by atoms with E-state index in [4.69, 9.17) is 23.2 Å². The molecule has 2 saturated heterocycles. The van der Waals surface area contributed by atoms with Gasteiger partial charge in [-0.15, -0.1) is 11.3 Å². The first kappa shape index (κ1) is 35.3. The summed E-state index contributed by atoms with van der Waals surface area (Å²) in [7, 11) is -7.69. The lowest BCUT2D eigenvalue weighted by molar-refractivity contribution is -0.144. The highest BCUT2D eigenvalue weighted by Gasteiger charge is 2.48. The summed E-state index contributed by atoms with van der Waals surface area (Å²) in [4.78, 5) is 13.9. The maximum absolute atomic E-state index is 13.1. The Kier molecular flexibility index (Phi) is 11.2. The Morgan fingerprint density at radius 3 is 2.13 bits per heavy atom. The number of halogens is 3. The molecule has 5 rings (SSSR count). The highest BCUT2D eigenvalue weighted by atomic mass is 79.9. The van der Waals surface area contributed by atoms with E-state index in [1.165, 1.54) is 12.1 Å². The quantitative estimate of drug-likeness (QED) is 0.254. The molecule has 0 spiro atoms. The smallest absolute Gasteiger partial charge is 0.324 e. The highest BCUT2D eigenvalue weighted by Crippen LogP contribution is 2.38. The predicted octanol–water partition coefficient (Wildman–Crippen LogP) is 5.95. The van der Waals surface area contributed by atoms with Crippen molar-refractivity contribution in [2.24, 2.45) is 11.8 Å². The van der Waals surface area contributed by atoms with Crippen LogP contribution in [0.15, 0.2) is 37.8 Å². The molecule has 0 bridgehead atoms. The molecule has 45 heavy (non-hydrogen) atoms. The molecule has 250 valence electrons. The molecule has 3 aliphatic rings. The summed E-state index contributed by atoms with van der Waals surface area (Å²) >= 11 is 17.0. The van der Waals surface area contributed by atoms with Crippen molar-refractivity contribution in [1.82, 2.24) is 9.03 Å². The zero-order valence-corrected chi connectivity index (χ0v) is 30.2. The number of thiophene rings is 1. The average molecular weight is 788 g/mol. The van der Waals surface area contributed by atoms with Crippen molar-refractivity contribution in [2.75, 3.05) is 31.1 Å². The second-order valence-corrected chi connectivity index (χ2v) is 19.2. The van der Waals surface area contributed by atoms with Crippen LogP contribution in [0.4, 0.5) is 5.69 Å². The Bertz CT molecular complexity index is 1590. The van der Waals surface area contributed by atoms with Crippen molar-refractivity contribution in [3.05, 3.63) is 38.1 Å². The number of piperidine rings is 2. The van der Waals surface area contributed by atoms with E-state index in [0.29, 0.717) is 33.7 Å². The van der Waals surface area contributed by atoms with Gasteiger partial charge in [-0.05, 0) is 90.6 Å². The van der Waals surface area contributed by atoms with E-state index in [0.717, 1.165) is 75.1 Å². The summed E-state index contributed by atoms with van der Waals surface area (Å²) in [6, 6.07) is 6.05. The van der Waals surface area contributed by atoms with Gasteiger partial charge in [-0.1, -0.05) is 42.5 Å². The van der Waals surface area contributed by atoms with Gasteiger partial charge in [-0.25, -0.2) is 16.8 Å². The van der Waals surface area contributed by atoms with Gasteiger partial charge in [0.1, 0.15) is 14.1 Å². The molecule has 0 amide bonds. The van der Waals surface area contributed by atoms with Crippen LogP contribution < -0.4 is 9.62 Å². The zero-order chi connectivity index (χ0) is 32.6. The van der Waals surface area contributed by atoms with Crippen LogP contribution in [0.5, 0.6) is 0 Å². The van der Waals surface area contributed by atoms with Crippen LogP contribution >= 0.6 is 50.5 Å². The predicted molar refractivity (Wildman–Crippen MR) is 179 cm³/mol. The number of carboxylic acids is 1. The van der Waals surface area contributed by atoms with Gasteiger partial charge >= 0.3 is 5.97 Å². The van der Waals surface area contributed by atoms with Crippen molar-refractivity contribution in [3.8, 4) is 0 Å². The maximum atomic E-state index is 13.1. The van der Waals surface area contributed by atoms with Crippen LogP contribution in [0.3, 0.4) is 0 Å². The van der Waals surface area contributed by atoms with Crippen LogP contribution in [0.2, 0.25) is 9.36 Å². The molecule has 1 aromatic heterocycles. The van der Waals surface area contributed by atoms with E-state index in [2.05, 4.69) is 25.6 Å². The standard InChI is InChI=1S/C29H38BrCl2N3O7S3/c30-23-17-26(43-27(23)32)45(41,42)35-14-9-20(10-15-35)3-1-2-19-7-12-34(13-8-19)25-5-4-22(16-24(25)31)44(39,40)33-29(28(37)38)11-6-21(36)18-29/h4-5,16-17,19-21,33,36H,1-3,6-15,18H2,(H,37,38). The van der Waals surface area contributed by atoms with Crippen LogP contribution in [-0.4, -0.2) is 75.1 Å². The first-order chi connectivity index (χ1) is 21.2. The average Bonchev–Trinajstić information content (AvgIpc) is 3.55. The van der Waals surface area contributed by atoms with Gasteiger partial charge in [0.15, 0.2) is 0 Å². The Morgan fingerprint density at radius 2 is 1.62 bits per heavy atom. The number of benzene rings is 1. The van der Waals surface area contributed by atoms with Crippen molar-refractivity contribution < 1.29 is 31.8 Å². The third kappa shape index (κ3) is 8.02. The van der Waals surface area contributed by atoms with Gasteiger partial charge < -0.3 is 15.1 Å². The molecule has 1 saturated carbocycles. The normalized spacial score (nSPS) is 24.4. The number of carboxylic acid groups (broad SMARTS) is 1. The molecule has 3 heterocycles. The molecule has 3 N–H and O–H groups in total. The van der Waals surface area contributed by atoms with Crippen LogP contribution in [0.25, 0.3) is 0 Å². The van der Waals surface area contributed by atoms with Crippen LogP contribution in [-0.2, 0) is 24.8 Å². The minimum atomic E-state index is -4.18. The Morgan fingerprint density at radius 1 is 1.00 bits per heavy atom. The Hall–Kier alpha value is -0.970. The Balaban J connectivity index is 1.07. The first-order valence-corrected chi connectivity index (χ1v) is 20.4. The topological polar surface area (TPSA) is 144 Å². The van der Waals surface area contributed by atoms with Crippen LogP contribution in [0, 0.1) is 11.8 Å². The lowest BCUT2D eigenvalue weighted by Gasteiger charge is -2.35. The molecular formula is C29H38BrCl2N3O7S3. The second kappa shape index (κ2) is 14.3. The fourth-order valence-electron chi connectivity index (χ4n) is 6.75. The zero-order valence-electron chi connectivity index (χ0n) is 24.6. The van der Waals surface area contributed by atoms with Crippen LogP contribution in [0.1, 0.15) is 64.2 Å². The fraction of sp³-hybridized carbons (Fsp3) is 0.621. The third-order valence-electron chi connectivity index (χ3n) is 9.43. The van der Waals surface area contributed by atoms with Gasteiger partial charge in [0.25, 0.3) is 10.0 Å². The molecule has 2 unspecified atom stereocenters. The van der Waals surface area contributed by atoms with E-state index in [9.17, 15) is 31.8 Å². The lowest BCUT2D eigenvalue weighted by atomic mass is 9.87. The largest absolute Gasteiger partial charge is 0.480 e. The minimum Gasteiger partial charge on any atom is -0.480 e. The molecule has 0 radical (unpaired) electrons. The van der Waals surface area contributed by atoms with Gasteiger partial charge in [-0.2, -0.15) is 9.03 Å². The summed E-state index contributed by atoms with van der Waals surface area (Å²) in [5.74, 6) is -0.207. The van der Waals surface area contributed by atoms with Gasteiger partial charge in [0.2, 0.25) is 10.0 Å².